The minimum Gasteiger partial charge on any atom is -0.493 e. The highest BCUT2D eigenvalue weighted by atomic mass is 79.9. The molecule has 2 aromatic rings. The summed E-state index contributed by atoms with van der Waals surface area (Å²) in [4.78, 5) is 20.3. The second-order valence-corrected chi connectivity index (χ2v) is 9.81. The van der Waals surface area contributed by atoms with E-state index < -0.39 is 5.82 Å². The number of ether oxygens (including phenoxy) is 2. The fourth-order valence-corrected chi connectivity index (χ4v) is 5.73. The van der Waals surface area contributed by atoms with Gasteiger partial charge in [0.05, 0.1) is 16.5 Å². The first-order valence-electron chi connectivity index (χ1n) is 11.0. The van der Waals surface area contributed by atoms with Crippen molar-refractivity contribution in [2.75, 3.05) is 13.7 Å². The summed E-state index contributed by atoms with van der Waals surface area (Å²) in [5, 5.41) is 0.508. The molecule has 0 aromatic heterocycles. The molecule has 1 aliphatic heterocycles. The van der Waals surface area contributed by atoms with Gasteiger partial charge in [0.1, 0.15) is 18.1 Å². The number of benzene rings is 2. The van der Waals surface area contributed by atoms with Crippen LogP contribution in [0, 0.1) is 18.2 Å². The van der Waals surface area contributed by atoms with Crippen LogP contribution in [0.15, 0.2) is 50.8 Å². The maximum Gasteiger partial charge on any atom is 0.267 e. The lowest BCUT2D eigenvalue weighted by atomic mass is 9.94. The summed E-state index contributed by atoms with van der Waals surface area (Å²) in [7, 11) is 1.54. The average Bonchev–Trinajstić information content (AvgIpc) is 3.14. The number of thioether (sulfide) groups is 1. The smallest absolute Gasteiger partial charge is 0.267 e. The van der Waals surface area contributed by atoms with E-state index >= 15 is 0 Å². The van der Waals surface area contributed by atoms with Crippen LogP contribution in [0.1, 0.15) is 37.7 Å². The monoisotopic (exact) mass is 542 g/mol. The SMILES string of the molecule is C#CCOc1c(Br)cc(/C=C2\SC(=Nc3ccccc3F)N(C3CCCCC3)C2=O)cc1OC. The van der Waals surface area contributed by atoms with E-state index in [1.54, 1.807) is 42.4 Å². The molecule has 0 spiro atoms. The van der Waals surface area contributed by atoms with Crippen LogP contribution >= 0.6 is 27.7 Å². The van der Waals surface area contributed by atoms with Gasteiger partial charge in [-0.3, -0.25) is 9.69 Å². The molecule has 1 saturated carbocycles. The van der Waals surface area contributed by atoms with Gasteiger partial charge in [-0.05, 0) is 76.4 Å². The van der Waals surface area contributed by atoms with Crippen molar-refractivity contribution < 1.29 is 18.7 Å². The van der Waals surface area contributed by atoms with E-state index in [1.165, 1.54) is 17.8 Å². The maximum atomic E-state index is 14.3. The predicted molar refractivity (Wildman–Crippen MR) is 138 cm³/mol. The molecule has 2 aromatic carbocycles. The number of halogens is 2. The molecule has 1 heterocycles. The first kappa shape index (κ1) is 24.4. The van der Waals surface area contributed by atoms with E-state index in [9.17, 15) is 9.18 Å². The highest BCUT2D eigenvalue weighted by Crippen LogP contribution is 2.41. The van der Waals surface area contributed by atoms with Gasteiger partial charge in [-0.25, -0.2) is 9.38 Å². The van der Waals surface area contributed by atoms with Gasteiger partial charge in [0.25, 0.3) is 5.91 Å². The fourth-order valence-electron chi connectivity index (χ4n) is 4.10. The Morgan fingerprint density at radius 3 is 2.76 bits per heavy atom. The van der Waals surface area contributed by atoms with Crippen molar-refractivity contribution in [1.29, 1.82) is 0 Å². The van der Waals surface area contributed by atoms with E-state index in [1.807, 2.05) is 6.07 Å². The van der Waals surface area contributed by atoms with Crippen LogP contribution in [0.3, 0.4) is 0 Å². The first-order chi connectivity index (χ1) is 16.5. The molecule has 0 radical (unpaired) electrons. The number of nitrogens with zero attached hydrogens (tertiary/aromatic N) is 2. The summed E-state index contributed by atoms with van der Waals surface area (Å²) in [6.45, 7) is 0.107. The van der Waals surface area contributed by atoms with Crippen molar-refractivity contribution >= 4 is 50.5 Å². The molecule has 0 N–H and O–H groups in total. The Morgan fingerprint density at radius 1 is 1.29 bits per heavy atom. The fraction of sp³-hybridized carbons (Fsp3) is 0.308. The summed E-state index contributed by atoms with van der Waals surface area (Å²) < 4.78 is 26.0. The second kappa shape index (κ2) is 11.1. The number of terminal acetylenes is 1. The van der Waals surface area contributed by atoms with Crippen molar-refractivity contribution in [3.63, 3.8) is 0 Å². The lowest BCUT2D eigenvalue weighted by molar-refractivity contribution is -0.124. The quantitative estimate of drug-likeness (QED) is 0.307. The molecule has 0 bridgehead atoms. The van der Waals surface area contributed by atoms with Gasteiger partial charge in [0.15, 0.2) is 16.7 Å². The number of methoxy groups -OCH3 is 1. The van der Waals surface area contributed by atoms with Crippen LogP contribution in [0.25, 0.3) is 6.08 Å². The molecule has 4 rings (SSSR count). The second-order valence-electron chi connectivity index (χ2n) is 7.95. The third kappa shape index (κ3) is 5.31. The van der Waals surface area contributed by atoms with Crippen LogP contribution in [0.2, 0.25) is 0 Å². The largest absolute Gasteiger partial charge is 0.493 e. The first-order valence-corrected chi connectivity index (χ1v) is 12.6. The summed E-state index contributed by atoms with van der Waals surface area (Å²) in [6, 6.07) is 10.0. The number of carbonyl (C=O) groups excluding carboxylic acids is 1. The number of aliphatic imine (C=N–C) groups is 1. The number of hydrogen-bond acceptors (Lipinski definition) is 5. The summed E-state index contributed by atoms with van der Waals surface area (Å²) >= 11 is 4.76. The predicted octanol–water partition coefficient (Wildman–Crippen LogP) is 6.55. The number of rotatable bonds is 6. The zero-order chi connectivity index (χ0) is 24.1. The molecule has 1 aliphatic carbocycles. The van der Waals surface area contributed by atoms with E-state index in [2.05, 4.69) is 26.8 Å². The number of hydrogen-bond donors (Lipinski definition) is 0. The van der Waals surface area contributed by atoms with E-state index in [4.69, 9.17) is 15.9 Å². The highest BCUT2D eigenvalue weighted by molar-refractivity contribution is 9.10. The number of amidine groups is 1. The average molecular weight is 543 g/mol. The van der Waals surface area contributed by atoms with Crippen molar-refractivity contribution in [2.45, 2.75) is 38.1 Å². The Bertz CT molecular complexity index is 1190. The van der Waals surface area contributed by atoms with Gasteiger partial charge in [-0.2, -0.15) is 0 Å². The van der Waals surface area contributed by atoms with Crippen LogP contribution in [-0.2, 0) is 4.79 Å². The molecule has 1 saturated heterocycles. The Hall–Kier alpha value is -2.76. The standard InChI is InChI=1S/C26H24BrFN2O3S/c1-3-13-33-24-19(27)14-17(15-22(24)32-2)16-23-25(31)30(18-9-5-4-6-10-18)26(34-23)29-21-12-8-7-11-20(21)28/h1,7-8,11-12,14-16,18H,4-6,9-10,13H2,2H3/b23-16-,29-26?. The van der Waals surface area contributed by atoms with Gasteiger partial charge in [-0.1, -0.05) is 37.3 Å². The molecular formula is C26H24BrFN2O3S. The molecule has 34 heavy (non-hydrogen) atoms. The van der Waals surface area contributed by atoms with E-state index in [0.717, 1.165) is 37.7 Å². The minimum absolute atomic E-state index is 0.0611. The third-order valence-corrected chi connectivity index (χ3v) is 7.27. The topological polar surface area (TPSA) is 51.1 Å². The zero-order valence-corrected chi connectivity index (χ0v) is 21.1. The molecule has 8 heteroatoms. The Kier molecular flexibility index (Phi) is 7.96. The van der Waals surface area contributed by atoms with Crippen molar-refractivity contribution in [3.8, 4) is 23.8 Å². The van der Waals surface area contributed by atoms with Crippen LogP contribution < -0.4 is 9.47 Å². The van der Waals surface area contributed by atoms with Crippen molar-refractivity contribution in [3.05, 3.63) is 57.2 Å². The van der Waals surface area contributed by atoms with Gasteiger partial charge >= 0.3 is 0 Å². The summed E-state index contributed by atoms with van der Waals surface area (Å²) in [5.41, 5.74) is 0.975. The molecule has 2 fully saturated rings. The van der Waals surface area contributed by atoms with Crippen molar-refractivity contribution in [1.82, 2.24) is 4.90 Å². The van der Waals surface area contributed by atoms with E-state index in [0.29, 0.717) is 26.0 Å². The van der Waals surface area contributed by atoms with Gasteiger partial charge in [-0.15, -0.1) is 6.42 Å². The zero-order valence-electron chi connectivity index (χ0n) is 18.7. The van der Waals surface area contributed by atoms with E-state index in [-0.39, 0.29) is 24.2 Å². The van der Waals surface area contributed by atoms with Crippen LogP contribution in [-0.4, -0.2) is 35.7 Å². The molecule has 0 atom stereocenters. The van der Waals surface area contributed by atoms with Gasteiger partial charge in [0, 0.05) is 6.04 Å². The maximum absolute atomic E-state index is 14.3. The molecule has 1 amide bonds. The molecule has 176 valence electrons. The normalized spacial score (nSPS) is 19.0. The van der Waals surface area contributed by atoms with Gasteiger partial charge in [0.2, 0.25) is 0 Å². The van der Waals surface area contributed by atoms with Crippen LogP contribution in [0.5, 0.6) is 11.5 Å². The summed E-state index contributed by atoms with van der Waals surface area (Å²) in [6.07, 6.45) is 12.2. The summed E-state index contributed by atoms with van der Waals surface area (Å²) in [5.74, 6) is 2.90. The molecular weight excluding hydrogens is 519 g/mol. The number of carbonyl (C=O) groups is 1. The number of para-hydroxylation sites is 1. The van der Waals surface area contributed by atoms with Gasteiger partial charge < -0.3 is 9.47 Å². The lowest BCUT2D eigenvalue weighted by Gasteiger charge is -2.30. The number of amides is 1. The highest BCUT2D eigenvalue weighted by Gasteiger charge is 2.38. The molecule has 5 nitrogen and oxygen atoms in total. The van der Waals surface area contributed by atoms with Crippen molar-refractivity contribution in [2.24, 2.45) is 4.99 Å². The Balaban J connectivity index is 1.71. The molecule has 2 aliphatic rings. The molecule has 0 unspecified atom stereocenters. The van der Waals surface area contributed by atoms with Crippen LogP contribution in [0.4, 0.5) is 10.1 Å². The minimum atomic E-state index is -0.416. The Morgan fingerprint density at radius 2 is 2.06 bits per heavy atom. The third-order valence-electron chi connectivity index (χ3n) is 5.69. The Labute approximate surface area is 211 Å². The lowest BCUT2D eigenvalue weighted by Crippen LogP contribution is -2.40.